The van der Waals surface area contributed by atoms with E-state index in [-0.39, 0.29) is 0 Å². The van der Waals surface area contributed by atoms with E-state index in [0.29, 0.717) is 5.95 Å². The molecule has 4 nitrogen and oxygen atoms in total. The molecule has 3 rings (SSSR count). The van der Waals surface area contributed by atoms with Crippen molar-refractivity contribution < 1.29 is 0 Å². The van der Waals surface area contributed by atoms with Crippen LogP contribution in [0.25, 0.3) is 5.65 Å². The van der Waals surface area contributed by atoms with Crippen molar-refractivity contribution in [3.63, 3.8) is 0 Å². The fourth-order valence-electron chi connectivity index (χ4n) is 2.40. The van der Waals surface area contributed by atoms with E-state index < -0.39 is 0 Å². The van der Waals surface area contributed by atoms with Gasteiger partial charge in [-0.25, -0.2) is 4.52 Å². The lowest BCUT2D eigenvalue weighted by Gasteiger charge is -2.12. The summed E-state index contributed by atoms with van der Waals surface area (Å²) in [5, 5.41) is 7.70. The molecule has 19 heavy (non-hydrogen) atoms. The van der Waals surface area contributed by atoms with Gasteiger partial charge in [-0.05, 0) is 60.2 Å². The van der Waals surface area contributed by atoms with Crippen LogP contribution in [-0.2, 0) is 0 Å². The highest BCUT2D eigenvalue weighted by Gasteiger charge is 2.05. The van der Waals surface area contributed by atoms with Gasteiger partial charge in [-0.2, -0.15) is 4.98 Å². The second-order valence-electron chi connectivity index (χ2n) is 4.87. The van der Waals surface area contributed by atoms with Gasteiger partial charge in [0.15, 0.2) is 5.65 Å². The summed E-state index contributed by atoms with van der Waals surface area (Å²) >= 11 is 3.43. The van der Waals surface area contributed by atoms with E-state index in [1.165, 1.54) is 25.7 Å². The molecule has 5 heteroatoms. The van der Waals surface area contributed by atoms with Gasteiger partial charge >= 0.3 is 0 Å². The van der Waals surface area contributed by atoms with Crippen LogP contribution < -0.4 is 5.32 Å². The Bertz CT molecular complexity index is 603. The zero-order valence-electron chi connectivity index (χ0n) is 10.8. The van der Waals surface area contributed by atoms with Crippen molar-refractivity contribution in [2.75, 3.05) is 11.9 Å². The Labute approximate surface area is 121 Å². The van der Waals surface area contributed by atoms with Crippen molar-refractivity contribution in [2.45, 2.75) is 32.1 Å². The second kappa shape index (κ2) is 5.74. The van der Waals surface area contributed by atoms with Gasteiger partial charge in [-0.15, -0.1) is 5.10 Å². The van der Waals surface area contributed by atoms with Crippen LogP contribution in [0.5, 0.6) is 0 Å². The number of allylic oxidation sites excluding steroid dienone is 1. The lowest BCUT2D eigenvalue weighted by atomic mass is 9.97. The van der Waals surface area contributed by atoms with E-state index in [9.17, 15) is 0 Å². The average Bonchev–Trinajstić information content (AvgIpc) is 2.82. The molecule has 0 radical (unpaired) electrons. The Morgan fingerprint density at radius 1 is 1.32 bits per heavy atom. The molecule has 0 aromatic carbocycles. The third-order valence-electron chi connectivity index (χ3n) is 3.41. The number of fused-ring (bicyclic) bond motifs is 1. The maximum Gasteiger partial charge on any atom is 0.243 e. The molecule has 0 spiro atoms. The molecule has 0 fully saturated rings. The van der Waals surface area contributed by atoms with Crippen LogP contribution in [0.2, 0.25) is 0 Å². The van der Waals surface area contributed by atoms with Gasteiger partial charge in [0.05, 0.1) is 0 Å². The molecular weight excluding hydrogens is 304 g/mol. The smallest absolute Gasteiger partial charge is 0.243 e. The molecule has 2 aromatic rings. The third kappa shape index (κ3) is 3.15. The van der Waals surface area contributed by atoms with Gasteiger partial charge in [0.1, 0.15) is 0 Å². The Hall–Kier alpha value is -1.36. The van der Waals surface area contributed by atoms with E-state index in [4.69, 9.17) is 0 Å². The molecular formula is C14H17BrN4. The highest BCUT2D eigenvalue weighted by Crippen LogP contribution is 2.20. The minimum Gasteiger partial charge on any atom is -0.353 e. The largest absolute Gasteiger partial charge is 0.353 e. The van der Waals surface area contributed by atoms with Crippen LogP contribution in [0.1, 0.15) is 32.1 Å². The maximum atomic E-state index is 4.44. The molecule has 1 aliphatic rings. The topological polar surface area (TPSA) is 42.2 Å². The summed E-state index contributed by atoms with van der Waals surface area (Å²) in [7, 11) is 0. The van der Waals surface area contributed by atoms with Gasteiger partial charge in [0.25, 0.3) is 0 Å². The predicted molar refractivity (Wildman–Crippen MR) is 80.3 cm³/mol. The fourth-order valence-corrected chi connectivity index (χ4v) is 2.73. The number of hydrogen-bond donors (Lipinski definition) is 1. The molecule has 2 heterocycles. The van der Waals surface area contributed by atoms with Gasteiger partial charge in [-0.1, -0.05) is 11.6 Å². The van der Waals surface area contributed by atoms with E-state index in [0.717, 1.165) is 23.1 Å². The first-order valence-corrected chi connectivity index (χ1v) is 7.54. The standard InChI is InChI=1S/C14H17BrN4/c15-12-6-7-13-17-14(18-19(13)10-12)16-9-8-11-4-2-1-3-5-11/h4,6-7,10H,1-3,5,8-9H2,(H,16,18). The monoisotopic (exact) mass is 320 g/mol. The van der Waals surface area contributed by atoms with Crippen LogP contribution in [-0.4, -0.2) is 21.1 Å². The number of nitrogens with one attached hydrogen (secondary N) is 1. The van der Waals surface area contributed by atoms with Crippen LogP contribution in [0.3, 0.4) is 0 Å². The minimum absolute atomic E-state index is 0.703. The van der Waals surface area contributed by atoms with Gasteiger partial charge in [0.2, 0.25) is 5.95 Å². The Morgan fingerprint density at radius 3 is 3.11 bits per heavy atom. The van der Waals surface area contributed by atoms with Gasteiger partial charge in [-0.3, -0.25) is 0 Å². The lowest BCUT2D eigenvalue weighted by Crippen LogP contribution is -2.05. The number of nitrogens with zero attached hydrogens (tertiary/aromatic N) is 3. The summed E-state index contributed by atoms with van der Waals surface area (Å²) in [6, 6.07) is 3.92. The molecule has 1 aliphatic carbocycles. The normalized spacial score (nSPS) is 15.5. The van der Waals surface area contributed by atoms with Crippen LogP contribution in [0.15, 0.2) is 34.5 Å². The summed E-state index contributed by atoms with van der Waals surface area (Å²) in [6.45, 7) is 0.907. The molecule has 0 aliphatic heterocycles. The predicted octanol–water partition coefficient (Wildman–Crippen LogP) is 3.79. The number of aromatic nitrogens is 3. The van der Waals surface area contributed by atoms with Crippen LogP contribution in [0, 0.1) is 0 Å². The first-order chi connectivity index (χ1) is 9.31. The zero-order valence-corrected chi connectivity index (χ0v) is 12.4. The first kappa shape index (κ1) is 12.7. The average molecular weight is 321 g/mol. The van der Waals surface area contributed by atoms with Crippen molar-refractivity contribution in [1.29, 1.82) is 0 Å². The summed E-state index contributed by atoms with van der Waals surface area (Å²) in [5.41, 5.74) is 2.44. The van der Waals surface area contributed by atoms with E-state index in [1.807, 2.05) is 18.3 Å². The first-order valence-electron chi connectivity index (χ1n) is 6.75. The van der Waals surface area contributed by atoms with Crippen LogP contribution >= 0.6 is 15.9 Å². The fraction of sp³-hybridized carbons (Fsp3) is 0.429. The van der Waals surface area contributed by atoms with Gasteiger partial charge in [0, 0.05) is 17.2 Å². The minimum atomic E-state index is 0.703. The van der Waals surface area contributed by atoms with Crippen molar-refractivity contribution in [3.05, 3.63) is 34.5 Å². The molecule has 0 bridgehead atoms. The zero-order chi connectivity index (χ0) is 13.1. The lowest BCUT2D eigenvalue weighted by molar-refractivity contribution is 0.679. The molecule has 1 N–H and O–H groups in total. The number of rotatable bonds is 4. The van der Waals surface area contributed by atoms with E-state index in [1.54, 1.807) is 10.1 Å². The highest BCUT2D eigenvalue weighted by atomic mass is 79.9. The van der Waals surface area contributed by atoms with E-state index in [2.05, 4.69) is 37.4 Å². The molecule has 2 aromatic heterocycles. The highest BCUT2D eigenvalue weighted by molar-refractivity contribution is 9.10. The second-order valence-corrected chi connectivity index (χ2v) is 5.79. The molecule has 100 valence electrons. The van der Waals surface area contributed by atoms with Crippen molar-refractivity contribution in [1.82, 2.24) is 14.6 Å². The van der Waals surface area contributed by atoms with Crippen LogP contribution in [0.4, 0.5) is 5.95 Å². The SMILES string of the molecule is Brc1ccc2nc(NCCC3=CCCCC3)nn2c1. The van der Waals surface area contributed by atoms with Gasteiger partial charge < -0.3 is 5.32 Å². The molecule has 0 amide bonds. The molecule has 0 saturated heterocycles. The Morgan fingerprint density at radius 2 is 2.26 bits per heavy atom. The number of halogens is 1. The third-order valence-corrected chi connectivity index (χ3v) is 3.88. The summed E-state index contributed by atoms with van der Waals surface area (Å²) in [5.74, 6) is 0.703. The summed E-state index contributed by atoms with van der Waals surface area (Å²) in [6.07, 6.45) is 10.6. The van der Waals surface area contributed by atoms with Crippen molar-refractivity contribution in [2.24, 2.45) is 0 Å². The number of pyridine rings is 1. The molecule has 0 unspecified atom stereocenters. The maximum absolute atomic E-state index is 4.44. The van der Waals surface area contributed by atoms with E-state index >= 15 is 0 Å². The van der Waals surface area contributed by atoms with Crippen molar-refractivity contribution >= 4 is 27.5 Å². The quantitative estimate of drug-likeness (QED) is 0.871. The Balaban J connectivity index is 1.60. The number of anilines is 1. The molecule has 0 atom stereocenters. The summed E-state index contributed by atoms with van der Waals surface area (Å²) < 4.78 is 2.79. The summed E-state index contributed by atoms with van der Waals surface area (Å²) in [4.78, 5) is 4.44. The number of hydrogen-bond acceptors (Lipinski definition) is 3. The molecule has 0 saturated carbocycles. The van der Waals surface area contributed by atoms with Crippen molar-refractivity contribution in [3.8, 4) is 0 Å². The Kier molecular flexibility index (Phi) is 3.82.